The van der Waals surface area contributed by atoms with Crippen molar-refractivity contribution in [3.05, 3.63) is 34.9 Å². The molecule has 0 saturated carbocycles. The van der Waals surface area contributed by atoms with Gasteiger partial charge in [-0.15, -0.1) is 0 Å². The third-order valence-corrected chi connectivity index (χ3v) is 4.55. The van der Waals surface area contributed by atoms with Crippen molar-refractivity contribution in [1.82, 2.24) is 24.9 Å². The Morgan fingerprint density at radius 1 is 1.44 bits per heavy atom. The molecule has 7 heteroatoms. The second-order valence-electron chi connectivity index (χ2n) is 6.94. The molecule has 2 aromatic heterocycles. The van der Waals surface area contributed by atoms with E-state index < -0.39 is 0 Å². The summed E-state index contributed by atoms with van der Waals surface area (Å²) in [6.07, 6.45) is 3.71. The standard InChI is InChI=1S/C18H27N5O2/c1-4-25-18(24)17-15-12-22(11-14-5-8-19-20-14)9-7-16(15)23(21-17)10-6-13(2)3/h5,8,13H,4,6-7,9-12H2,1-3H3,(H,19,20). The van der Waals surface area contributed by atoms with Crippen molar-refractivity contribution in [3.8, 4) is 0 Å². The Kier molecular flexibility index (Phi) is 5.53. The Labute approximate surface area is 148 Å². The molecule has 136 valence electrons. The maximum atomic E-state index is 12.4. The van der Waals surface area contributed by atoms with Gasteiger partial charge in [-0.1, -0.05) is 13.8 Å². The number of ether oxygens (including phenoxy) is 1. The topological polar surface area (TPSA) is 76.0 Å². The van der Waals surface area contributed by atoms with Crippen LogP contribution < -0.4 is 0 Å². The molecule has 2 aromatic rings. The zero-order valence-corrected chi connectivity index (χ0v) is 15.3. The van der Waals surface area contributed by atoms with Crippen LogP contribution in [0.5, 0.6) is 0 Å². The Hall–Kier alpha value is -2.15. The van der Waals surface area contributed by atoms with Gasteiger partial charge in [-0.2, -0.15) is 10.2 Å². The summed E-state index contributed by atoms with van der Waals surface area (Å²) in [4.78, 5) is 14.7. The lowest BCUT2D eigenvalue weighted by Gasteiger charge is -2.27. The van der Waals surface area contributed by atoms with Crippen molar-refractivity contribution >= 4 is 5.97 Å². The zero-order valence-electron chi connectivity index (χ0n) is 15.3. The SMILES string of the molecule is CCOC(=O)c1nn(CCC(C)C)c2c1CN(Cc1ccn[nH]1)CC2. The van der Waals surface area contributed by atoms with Gasteiger partial charge in [0.1, 0.15) is 0 Å². The first-order valence-electron chi connectivity index (χ1n) is 9.04. The second kappa shape index (κ2) is 7.82. The number of esters is 1. The molecular weight excluding hydrogens is 318 g/mol. The second-order valence-corrected chi connectivity index (χ2v) is 6.94. The van der Waals surface area contributed by atoms with Crippen LogP contribution in [0.25, 0.3) is 0 Å². The average molecular weight is 345 g/mol. The van der Waals surface area contributed by atoms with Gasteiger partial charge < -0.3 is 4.74 Å². The number of hydrogen-bond acceptors (Lipinski definition) is 5. The fourth-order valence-electron chi connectivity index (χ4n) is 3.22. The van der Waals surface area contributed by atoms with E-state index in [2.05, 4.69) is 34.0 Å². The summed E-state index contributed by atoms with van der Waals surface area (Å²) in [6, 6.07) is 1.98. The minimum absolute atomic E-state index is 0.314. The van der Waals surface area contributed by atoms with Crippen molar-refractivity contribution in [2.45, 2.75) is 53.2 Å². The molecule has 3 heterocycles. The lowest BCUT2D eigenvalue weighted by molar-refractivity contribution is 0.0515. The molecule has 7 nitrogen and oxygen atoms in total. The summed E-state index contributed by atoms with van der Waals surface area (Å²) in [5.74, 6) is 0.289. The molecule has 0 aromatic carbocycles. The van der Waals surface area contributed by atoms with E-state index in [1.54, 1.807) is 6.20 Å². The average Bonchev–Trinajstić information content (AvgIpc) is 3.20. The van der Waals surface area contributed by atoms with Gasteiger partial charge in [-0.25, -0.2) is 4.79 Å². The van der Waals surface area contributed by atoms with E-state index in [-0.39, 0.29) is 5.97 Å². The van der Waals surface area contributed by atoms with E-state index in [4.69, 9.17) is 4.74 Å². The van der Waals surface area contributed by atoms with Gasteiger partial charge in [0.05, 0.1) is 6.61 Å². The molecule has 0 aliphatic carbocycles. The van der Waals surface area contributed by atoms with Crippen molar-refractivity contribution in [2.24, 2.45) is 5.92 Å². The lowest BCUT2D eigenvalue weighted by atomic mass is 10.0. The van der Waals surface area contributed by atoms with E-state index in [1.807, 2.05) is 17.7 Å². The number of aryl methyl sites for hydroxylation is 1. The van der Waals surface area contributed by atoms with E-state index in [9.17, 15) is 4.79 Å². The van der Waals surface area contributed by atoms with E-state index in [0.717, 1.165) is 43.7 Å². The third kappa shape index (κ3) is 4.10. The number of H-pyrrole nitrogens is 1. The molecule has 1 aliphatic heterocycles. The third-order valence-electron chi connectivity index (χ3n) is 4.55. The Morgan fingerprint density at radius 3 is 2.96 bits per heavy atom. The Balaban J connectivity index is 1.83. The smallest absolute Gasteiger partial charge is 0.359 e. The van der Waals surface area contributed by atoms with Crippen molar-refractivity contribution in [3.63, 3.8) is 0 Å². The predicted octanol–water partition coefficient (Wildman–Crippen LogP) is 2.39. The molecule has 0 radical (unpaired) electrons. The first-order valence-corrected chi connectivity index (χ1v) is 9.04. The molecule has 0 amide bonds. The molecule has 0 fully saturated rings. The zero-order chi connectivity index (χ0) is 17.8. The number of nitrogens with zero attached hydrogens (tertiary/aromatic N) is 4. The minimum atomic E-state index is -0.314. The van der Waals surface area contributed by atoms with Crippen LogP contribution in [0.3, 0.4) is 0 Å². The maximum Gasteiger partial charge on any atom is 0.359 e. The highest BCUT2D eigenvalue weighted by Gasteiger charge is 2.28. The maximum absolute atomic E-state index is 12.4. The molecule has 3 rings (SSSR count). The Morgan fingerprint density at radius 2 is 2.28 bits per heavy atom. The number of rotatable bonds is 7. The van der Waals surface area contributed by atoms with Gasteiger partial charge in [0, 0.05) is 55.7 Å². The number of hydrogen-bond donors (Lipinski definition) is 1. The number of nitrogens with one attached hydrogen (secondary N) is 1. The van der Waals surface area contributed by atoms with E-state index in [0.29, 0.717) is 24.8 Å². The minimum Gasteiger partial charge on any atom is -0.461 e. The summed E-state index contributed by atoms with van der Waals surface area (Å²) in [5.41, 5.74) is 3.76. The highest BCUT2D eigenvalue weighted by atomic mass is 16.5. The van der Waals surface area contributed by atoms with Crippen LogP contribution in [0.4, 0.5) is 0 Å². The summed E-state index contributed by atoms with van der Waals surface area (Å²) < 4.78 is 7.25. The lowest BCUT2D eigenvalue weighted by Crippen LogP contribution is -2.31. The molecule has 0 saturated heterocycles. The van der Waals surface area contributed by atoms with Crippen LogP contribution >= 0.6 is 0 Å². The highest BCUT2D eigenvalue weighted by Crippen LogP contribution is 2.25. The number of aromatic nitrogens is 4. The van der Waals surface area contributed by atoms with E-state index in [1.165, 1.54) is 5.69 Å². The molecule has 0 atom stereocenters. The first-order chi connectivity index (χ1) is 12.1. The molecular formula is C18H27N5O2. The monoisotopic (exact) mass is 345 g/mol. The van der Waals surface area contributed by atoms with Crippen molar-refractivity contribution < 1.29 is 9.53 Å². The molecule has 0 spiro atoms. The van der Waals surface area contributed by atoms with Gasteiger partial charge in [0.2, 0.25) is 0 Å². The van der Waals surface area contributed by atoms with Gasteiger partial charge >= 0.3 is 5.97 Å². The van der Waals surface area contributed by atoms with Gasteiger partial charge in [0.25, 0.3) is 0 Å². The largest absolute Gasteiger partial charge is 0.461 e. The molecule has 1 N–H and O–H groups in total. The normalized spacial score (nSPS) is 14.7. The number of carbonyl (C=O) groups is 1. The fourth-order valence-corrected chi connectivity index (χ4v) is 3.22. The number of aromatic amines is 1. The predicted molar refractivity (Wildman–Crippen MR) is 94.0 cm³/mol. The van der Waals surface area contributed by atoms with Crippen LogP contribution in [0.1, 0.15) is 54.6 Å². The summed E-state index contributed by atoms with van der Waals surface area (Å²) >= 11 is 0. The van der Waals surface area contributed by atoms with Gasteiger partial charge in [0.15, 0.2) is 5.69 Å². The van der Waals surface area contributed by atoms with Crippen LogP contribution in [-0.4, -0.2) is 44.0 Å². The molecule has 1 aliphatic rings. The molecule has 0 unspecified atom stereocenters. The quantitative estimate of drug-likeness (QED) is 0.780. The molecule has 25 heavy (non-hydrogen) atoms. The van der Waals surface area contributed by atoms with Crippen LogP contribution in [0.15, 0.2) is 12.3 Å². The Bertz CT molecular complexity index is 705. The summed E-state index contributed by atoms with van der Waals surface area (Å²) in [5, 5.41) is 11.6. The first kappa shape index (κ1) is 17.7. The van der Waals surface area contributed by atoms with Crippen molar-refractivity contribution in [1.29, 1.82) is 0 Å². The van der Waals surface area contributed by atoms with Crippen LogP contribution in [0.2, 0.25) is 0 Å². The molecule has 0 bridgehead atoms. The van der Waals surface area contributed by atoms with Crippen molar-refractivity contribution in [2.75, 3.05) is 13.2 Å². The number of fused-ring (bicyclic) bond motifs is 1. The fraction of sp³-hybridized carbons (Fsp3) is 0.611. The van der Waals surface area contributed by atoms with Crippen LogP contribution in [-0.2, 0) is 30.8 Å². The van der Waals surface area contributed by atoms with Crippen LogP contribution in [0, 0.1) is 5.92 Å². The summed E-state index contributed by atoms with van der Waals surface area (Å²) in [6.45, 7) is 9.89. The van der Waals surface area contributed by atoms with Gasteiger partial charge in [-0.05, 0) is 25.3 Å². The van der Waals surface area contributed by atoms with E-state index >= 15 is 0 Å². The summed E-state index contributed by atoms with van der Waals surface area (Å²) in [7, 11) is 0. The highest BCUT2D eigenvalue weighted by molar-refractivity contribution is 5.89. The van der Waals surface area contributed by atoms with Gasteiger partial charge in [-0.3, -0.25) is 14.7 Å². The number of carbonyl (C=O) groups excluding carboxylic acids is 1.